The summed E-state index contributed by atoms with van der Waals surface area (Å²) in [6.45, 7) is 7.25. The molecule has 1 rings (SSSR count). The lowest BCUT2D eigenvalue weighted by molar-refractivity contribution is 0.101. The fourth-order valence-electron chi connectivity index (χ4n) is 1.95. The van der Waals surface area contributed by atoms with Crippen molar-refractivity contribution in [2.45, 2.75) is 45.1 Å². The van der Waals surface area contributed by atoms with Crippen LogP contribution in [0, 0.1) is 5.41 Å². The normalized spacial score (nSPS) is 14.0. The SMILES string of the molecule is CC(=O)c1cccc(S(=O)(=O)NCC(O)CC(C)(C)C)c1. The maximum Gasteiger partial charge on any atom is 0.240 e. The molecule has 0 spiro atoms. The highest BCUT2D eigenvalue weighted by molar-refractivity contribution is 7.89. The molecule has 0 fully saturated rings. The van der Waals surface area contributed by atoms with E-state index in [-0.39, 0.29) is 22.6 Å². The topological polar surface area (TPSA) is 83.5 Å². The van der Waals surface area contributed by atoms with E-state index in [1.807, 2.05) is 20.8 Å². The van der Waals surface area contributed by atoms with Gasteiger partial charge in [-0.1, -0.05) is 32.9 Å². The molecule has 0 aliphatic heterocycles. The fraction of sp³-hybridized carbons (Fsp3) is 0.533. The van der Waals surface area contributed by atoms with Crippen molar-refractivity contribution in [1.29, 1.82) is 0 Å². The second kappa shape index (κ2) is 6.68. The first-order valence-electron chi connectivity index (χ1n) is 6.80. The molecule has 0 amide bonds. The highest BCUT2D eigenvalue weighted by Crippen LogP contribution is 2.20. The number of benzene rings is 1. The highest BCUT2D eigenvalue weighted by Gasteiger charge is 2.20. The molecule has 2 N–H and O–H groups in total. The van der Waals surface area contributed by atoms with Crippen molar-refractivity contribution in [3.8, 4) is 0 Å². The molecule has 0 radical (unpaired) electrons. The number of hydrogen-bond acceptors (Lipinski definition) is 4. The molecule has 1 unspecified atom stereocenters. The van der Waals surface area contributed by atoms with Gasteiger partial charge < -0.3 is 5.11 Å². The maximum atomic E-state index is 12.1. The molecule has 1 atom stereocenters. The van der Waals surface area contributed by atoms with E-state index in [1.54, 1.807) is 6.07 Å². The molecule has 1 aromatic carbocycles. The van der Waals surface area contributed by atoms with Gasteiger partial charge in [-0.05, 0) is 30.9 Å². The minimum absolute atomic E-state index is 0.0261. The number of aliphatic hydroxyl groups excluding tert-OH is 1. The van der Waals surface area contributed by atoms with Crippen LogP contribution in [0.3, 0.4) is 0 Å². The van der Waals surface area contributed by atoms with Crippen molar-refractivity contribution in [3.63, 3.8) is 0 Å². The zero-order valence-electron chi connectivity index (χ0n) is 12.9. The Hall–Kier alpha value is -1.24. The zero-order valence-corrected chi connectivity index (χ0v) is 13.7. The van der Waals surface area contributed by atoms with Gasteiger partial charge in [-0.2, -0.15) is 0 Å². The highest BCUT2D eigenvalue weighted by atomic mass is 32.2. The van der Waals surface area contributed by atoms with E-state index in [1.165, 1.54) is 25.1 Å². The van der Waals surface area contributed by atoms with Crippen LogP contribution >= 0.6 is 0 Å². The maximum absolute atomic E-state index is 12.1. The molecule has 0 saturated heterocycles. The second-order valence-corrected chi connectivity index (χ2v) is 8.12. The lowest BCUT2D eigenvalue weighted by Gasteiger charge is -2.22. The van der Waals surface area contributed by atoms with Crippen molar-refractivity contribution in [1.82, 2.24) is 4.72 Å². The lowest BCUT2D eigenvalue weighted by atomic mass is 9.89. The molecule has 6 heteroatoms. The van der Waals surface area contributed by atoms with Crippen LogP contribution in [0.5, 0.6) is 0 Å². The molecule has 0 aliphatic rings. The van der Waals surface area contributed by atoms with Crippen LogP contribution in [-0.2, 0) is 10.0 Å². The number of carbonyl (C=O) groups is 1. The number of rotatable bonds is 6. The number of sulfonamides is 1. The first kappa shape index (κ1) is 17.8. The van der Waals surface area contributed by atoms with E-state index >= 15 is 0 Å². The third-order valence-electron chi connectivity index (χ3n) is 2.91. The van der Waals surface area contributed by atoms with Crippen LogP contribution in [0.15, 0.2) is 29.2 Å². The standard InChI is InChI=1S/C15H23NO4S/c1-11(17)12-6-5-7-14(8-12)21(19,20)16-10-13(18)9-15(2,3)4/h5-8,13,16,18H,9-10H2,1-4H3. The van der Waals surface area contributed by atoms with E-state index in [9.17, 15) is 18.3 Å². The van der Waals surface area contributed by atoms with Crippen molar-refractivity contribution in [2.75, 3.05) is 6.54 Å². The quantitative estimate of drug-likeness (QED) is 0.786. The Labute approximate surface area is 126 Å². The van der Waals surface area contributed by atoms with Gasteiger partial charge in [0.15, 0.2) is 5.78 Å². The largest absolute Gasteiger partial charge is 0.392 e. The number of aliphatic hydroxyl groups is 1. The summed E-state index contributed by atoms with van der Waals surface area (Å²) in [6, 6.07) is 5.85. The van der Waals surface area contributed by atoms with Crippen LogP contribution in [0.2, 0.25) is 0 Å². The van der Waals surface area contributed by atoms with E-state index in [4.69, 9.17) is 0 Å². The van der Waals surface area contributed by atoms with Crippen LogP contribution in [-0.4, -0.2) is 32.0 Å². The molecule has 5 nitrogen and oxygen atoms in total. The van der Waals surface area contributed by atoms with Gasteiger partial charge >= 0.3 is 0 Å². The Morgan fingerprint density at radius 3 is 2.48 bits per heavy atom. The molecule has 0 heterocycles. The first-order valence-corrected chi connectivity index (χ1v) is 8.28. The number of carbonyl (C=O) groups excluding carboxylic acids is 1. The third kappa shape index (κ3) is 5.95. The number of Topliss-reactive ketones (excluding diaryl/α,β-unsaturated/α-hetero) is 1. The summed E-state index contributed by atoms with van der Waals surface area (Å²) in [4.78, 5) is 11.3. The molecule has 1 aromatic rings. The summed E-state index contributed by atoms with van der Waals surface area (Å²) in [6.07, 6.45) is -0.265. The van der Waals surface area contributed by atoms with Gasteiger partial charge in [0.1, 0.15) is 0 Å². The Morgan fingerprint density at radius 2 is 1.95 bits per heavy atom. The third-order valence-corrected chi connectivity index (χ3v) is 4.33. The minimum Gasteiger partial charge on any atom is -0.392 e. The lowest BCUT2D eigenvalue weighted by Crippen LogP contribution is -2.34. The number of hydrogen-bond donors (Lipinski definition) is 2. The van der Waals surface area contributed by atoms with Crippen molar-refractivity contribution in [3.05, 3.63) is 29.8 Å². The second-order valence-electron chi connectivity index (χ2n) is 6.35. The number of nitrogens with one attached hydrogen (secondary N) is 1. The van der Waals surface area contributed by atoms with Gasteiger partial charge in [-0.15, -0.1) is 0 Å². The average molecular weight is 313 g/mol. The zero-order chi connectivity index (χ0) is 16.3. The molecular formula is C15H23NO4S. The van der Waals surface area contributed by atoms with E-state index in [0.717, 1.165) is 0 Å². The Balaban J connectivity index is 2.78. The summed E-state index contributed by atoms with van der Waals surface area (Å²) < 4.78 is 26.7. The molecular weight excluding hydrogens is 290 g/mol. The molecule has 0 bridgehead atoms. The van der Waals surface area contributed by atoms with Gasteiger partial charge in [-0.25, -0.2) is 13.1 Å². The van der Waals surface area contributed by atoms with Crippen molar-refractivity contribution in [2.24, 2.45) is 5.41 Å². The summed E-state index contributed by atoms with van der Waals surface area (Å²) in [5.41, 5.74) is 0.257. The van der Waals surface area contributed by atoms with Gasteiger partial charge in [0.2, 0.25) is 10.0 Å². The van der Waals surface area contributed by atoms with Gasteiger partial charge in [0, 0.05) is 12.1 Å². The Morgan fingerprint density at radius 1 is 1.33 bits per heavy atom. The summed E-state index contributed by atoms with van der Waals surface area (Å²) in [5.74, 6) is -0.195. The average Bonchev–Trinajstić information content (AvgIpc) is 2.35. The van der Waals surface area contributed by atoms with Crippen molar-refractivity contribution < 1.29 is 18.3 Å². The monoisotopic (exact) mass is 313 g/mol. The van der Waals surface area contributed by atoms with Gasteiger partial charge in [0.25, 0.3) is 0 Å². The Kier molecular flexibility index (Phi) is 5.67. The van der Waals surface area contributed by atoms with Crippen LogP contribution in [0.4, 0.5) is 0 Å². The van der Waals surface area contributed by atoms with Gasteiger partial charge in [0.05, 0.1) is 11.0 Å². The predicted octanol–water partition coefficient (Wildman–Crippen LogP) is 1.96. The minimum atomic E-state index is -3.73. The molecule has 0 aromatic heterocycles. The van der Waals surface area contributed by atoms with Gasteiger partial charge in [-0.3, -0.25) is 4.79 Å². The summed E-state index contributed by atoms with van der Waals surface area (Å²) >= 11 is 0. The van der Waals surface area contributed by atoms with E-state index in [0.29, 0.717) is 12.0 Å². The molecule has 0 aliphatic carbocycles. The first-order chi connectivity index (χ1) is 9.51. The van der Waals surface area contributed by atoms with Crippen LogP contribution < -0.4 is 4.72 Å². The molecule has 118 valence electrons. The smallest absolute Gasteiger partial charge is 0.240 e. The van der Waals surface area contributed by atoms with Crippen molar-refractivity contribution >= 4 is 15.8 Å². The van der Waals surface area contributed by atoms with Crippen LogP contribution in [0.25, 0.3) is 0 Å². The fourth-order valence-corrected chi connectivity index (χ4v) is 3.07. The number of ketones is 1. The Bertz CT molecular complexity index is 602. The molecule has 0 saturated carbocycles. The summed E-state index contributed by atoms with van der Waals surface area (Å²) in [7, 11) is -3.73. The van der Waals surface area contributed by atoms with E-state index in [2.05, 4.69) is 4.72 Å². The van der Waals surface area contributed by atoms with Crippen LogP contribution in [0.1, 0.15) is 44.5 Å². The summed E-state index contributed by atoms with van der Waals surface area (Å²) in [5, 5.41) is 9.86. The predicted molar refractivity (Wildman–Crippen MR) is 81.7 cm³/mol. The molecule has 21 heavy (non-hydrogen) atoms. The van der Waals surface area contributed by atoms with E-state index < -0.39 is 16.1 Å².